The van der Waals surface area contributed by atoms with Gasteiger partial charge in [0.1, 0.15) is 23.5 Å². The van der Waals surface area contributed by atoms with E-state index in [1.54, 1.807) is 18.2 Å². The topological polar surface area (TPSA) is 56.8 Å². The van der Waals surface area contributed by atoms with Gasteiger partial charge in [0.15, 0.2) is 0 Å². The molecule has 0 atom stereocenters. The highest BCUT2D eigenvalue weighted by molar-refractivity contribution is 5.64. The molecule has 0 saturated carbocycles. The molecule has 0 aliphatic rings. The molecule has 0 amide bonds. The average Bonchev–Trinajstić information content (AvgIpc) is 2.50. The molecule has 1 aromatic carbocycles. The first kappa shape index (κ1) is 16.9. The fourth-order valence-corrected chi connectivity index (χ4v) is 1.90. The van der Waals surface area contributed by atoms with Crippen LogP contribution >= 0.6 is 0 Å². The van der Waals surface area contributed by atoms with Gasteiger partial charge in [0, 0.05) is 6.61 Å². The van der Waals surface area contributed by atoms with E-state index in [9.17, 15) is 4.39 Å². The molecule has 0 spiro atoms. The molecule has 0 saturated heterocycles. The van der Waals surface area contributed by atoms with Crippen LogP contribution in [0.25, 0.3) is 6.08 Å². The standard InChI is InChI=1S/C17H19FN2O/c1-2-3-4-5-8-21-13-16-10-17(18)7-6-15(16)9-14(11-19)12-20/h6-7,9-10H,2-5,8,13H2,1H3. The van der Waals surface area contributed by atoms with Crippen LogP contribution in [-0.2, 0) is 11.3 Å². The summed E-state index contributed by atoms with van der Waals surface area (Å²) in [6.45, 7) is 3.05. The zero-order chi connectivity index (χ0) is 15.5. The number of hydrogen-bond acceptors (Lipinski definition) is 3. The average molecular weight is 286 g/mol. The Labute approximate surface area is 125 Å². The molecule has 21 heavy (non-hydrogen) atoms. The highest BCUT2D eigenvalue weighted by Crippen LogP contribution is 2.16. The zero-order valence-corrected chi connectivity index (χ0v) is 12.2. The van der Waals surface area contributed by atoms with Crippen LogP contribution in [0.3, 0.4) is 0 Å². The van der Waals surface area contributed by atoms with Crippen LogP contribution in [0.4, 0.5) is 4.39 Å². The summed E-state index contributed by atoms with van der Waals surface area (Å²) in [6, 6.07) is 7.84. The molecule has 0 fully saturated rings. The molecule has 4 heteroatoms. The van der Waals surface area contributed by atoms with Crippen LogP contribution < -0.4 is 0 Å². The molecule has 0 aromatic heterocycles. The number of rotatable bonds is 8. The highest BCUT2D eigenvalue weighted by Gasteiger charge is 2.04. The number of benzene rings is 1. The van der Waals surface area contributed by atoms with Gasteiger partial charge in [0.25, 0.3) is 0 Å². The van der Waals surface area contributed by atoms with E-state index < -0.39 is 0 Å². The minimum atomic E-state index is -0.354. The number of ether oxygens (including phenoxy) is 1. The Hall–Kier alpha value is -2.17. The molecule has 1 rings (SSSR count). The minimum absolute atomic E-state index is 0.00851. The predicted molar refractivity (Wildman–Crippen MR) is 79.4 cm³/mol. The van der Waals surface area contributed by atoms with Crippen molar-refractivity contribution in [2.45, 2.75) is 39.2 Å². The Kier molecular flexibility index (Phi) is 7.79. The lowest BCUT2D eigenvalue weighted by Gasteiger charge is -2.08. The maximum absolute atomic E-state index is 13.3. The molecule has 110 valence electrons. The molecular formula is C17H19FN2O. The molecule has 0 bridgehead atoms. The molecule has 0 aliphatic heterocycles. The minimum Gasteiger partial charge on any atom is -0.377 e. The van der Waals surface area contributed by atoms with E-state index in [-0.39, 0.29) is 18.0 Å². The monoisotopic (exact) mass is 286 g/mol. The van der Waals surface area contributed by atoms with Crippen molar-refractivity contribution in [1.82, 2.24) is 0 Å². The highest BCUT2D eigenvalue weighted by atomic mass is 19.1. The Bertz CT molecular complexity index is 551. The van der Waals surface area contributed by atoms with Crippen molar-refractivity contribution in [3.63, 3.8) is 0 Å². The summed E-state index contributed by atoms with van der Waals surface area (Å²) in [7, 11) is 0. The summed E-state index contributed by atoms with van der Waals surface area (Å²) in [5.41, 5.74) is 1.28. The summed E-state index contributed by atoms with van der Waals surface area (Å²) in [5, 5.41) is 17.6. The quantitative estimate of drug-likeness (QED) is 0.527. The third-order valence-corrected chi connectivity index (χ3v) is 3.05. The van der Waals surface area contributed by atoms with Gasteiger partial charge in [-0.2, -0.15) is 10.5 Å². The summed E-state index contributed by atoms with van der Waals surface area (Å²) < 4.78 is 18.9. The van der Waals surface area contributed by atoms with Crippen molar-refractivity contribution in [2.75, 3.05) is 6.61 Å². The molecule has 0 heterocycles. The summed E-state index contributed by atoms with van der Waals surface area (Å²) >= 11 is 0. The normalized spacial score (nSPS) is 9.71. The Morgan fingerprint density at radius 1 is 1.24 bits per heavy atom. The van der Waals surface area contributed by atoms with Crippen molar-refractivity contribution in [3.05, 3.63) is 40.7 Å². The molecular weight excluding hydrogens is 267 g/mol. The van der Waals surface area contributed by atoms with Crippen molar-refractivity contribution >= 4 is 6.08 Å². The molecule has 1 aromatic rings. The van der Waals surface area contributed by atoms with Gasteiger partial charge < -0.3 is 4.74 Å². The van der Waals surface area contributed by atoms with Gasteiger partial charge >= 0.3 is 0 Å². The van der Waals surface area contributed by atoms with E-state index in [1.807, 2.05) is 0 Å². The van der Waals surface area contributed by atoms with Gasteiger partial charge in [-0.15, -0.1) is 0 Å². The van der Waals surface area contributed by atoms with Gasteiger partial charge in [-0.25, -0.2) is 4.39 Å². The van der Waals surface area contributed by atoms with E-state index in [1.165, 1.54) is 31.1 Å². The lowest BCUT2D eigenvalue weighted by Crippen LogP contribution is -1.98. The van der Waals surface area contributed by atoms with Crippen LogP contribution in [0.15, 0.2) is 23.8 Å². The van der Waals surface area contributed by atoms with Crippen LogP contribution in [0.2, 0.25) is 0 Å². The van der Waals surface area contributed by atoms with E-state index in [4.69, 9.17) is 15.3 Å². The molecule has 0 radical (unpaired) electrons. The maximum atomic E-state index is 13.3. The summed E-state index contributed by atoms with van der Waals surface area (Å²) in [4.78, 5) is 0. The van der Waals surface area contributed by atoms with E-state index in [0.29, 0.717) is 17.7 Å². The second kappa shape index (κ2) is 9.69. The van der Waals surface area contributed by atoms with Crippen molar-refractivity contribution < 1.29 is 9.13 Å². The number of halogens is 1. The first-order chi connectivity index (χ1) is 10.2. The number of nitriles is 2. The lowest BCUT2D eigenvalue weighted by atomic mass is 10.1. The van der Waals surface area contributed by atoms with Crippen LogP contribution in [0.1, 0.15) is 43.7 Å². The fourth-order valence-electron chi connectivity index (χ4n) is 1.90. The number of unbranched alkanes of at least 4 members (excludes halogenated alkanes) is 3. The molecule has 0 aliphatic carbocycles. The van der Waals surface area contributed by atoms with E-state index in [0.717, 1.165) is 12.8 Å². The second-order valence-corrected chi connectivity index (χ2v) is 4.74. The van der Waals surface area contributed by atoms with E-state index in [2.05, 4.69) is 6.92 Å². The van der Waals surface area contributed by atoms with Crippen LogP contribution in [0, 0.1) is 28.5 Å². The Morgan fingerprint density at radius 2 is 2.00 bits per heavy atom. The number of hydrogen-bond donors (Lipinski definition) is 0. The van der Waals surface area contributed by atoms with Crippen molar-refractivity contribution in [1.29, 1.82) is 10.5 Å². The summed E-state index contributed by atoms with van der Waals surface area (Å²) in [5.74, 6) is -0.354. The predicted octanol–water partition coefficient (Wildman–Crippen LogP) is 4.35. The SMILES string of the molecule is CCCCCCOCc1cc(F)ccc1C=C(C#N)C#N. The molecule has 0 N–H and O–H groups in total. The van der Waals surface area contributed by atoms with Crippen molar-refractivity contribution in [2.24, 2.45) is 0 Å². The molecule has 3 nitrogen and oxygen atoms in total. The van der Waals surface area contributed by atoms with Gasteiger partial charge in [0.05, 0.1) is 6.61 Å². The zero-order valence-electron chi connectivity index (χ0n) is 12.2. The third-order valence-electron chi connectivity index (χ3n) is 3.05. The third kappa shape index (κ3) is 6.21. The van der Waals surface area contributed by atoms with E-state index >= 15 is 0 Å². The van der Waals surface area contributed by atoms with Gasteiger partial charge in [-0.1, -0.05) is 32.3 Å². The van der Waals surface area contributed by atoms with Gasteiger partial charge in [-0.05, 0) is 35.8 Å². The Morgan fingerprint density at radius 3 is 2.67 bits per heavy atom. The van der Waals surface area contributed by atoms with Gasteiger partial charge in [-0.3, -0.25) is 0 Å². The number of allylic oxidation sites excluding steroid dienone is 1. The fraction of sp³-hybridized carbons (Fsp3) is 0.412. The van der Waals surface area contributed by atoms with Crippen LogP contribution in [-0.4, -0.2) is 6.61 Å². The number of nitrogens with zero attached hydrogens (tertiary/aromatic N) is 2. The first-order valence-electron chi connectivity index (χ1n) is 7.09. The summed E-state index contributed by atoms with van der Waals surface area (Å²) in [6.07, 6.45) is 5.92. The van der Waals surface area contributed by atoms with Gasteiger partial charge in [0.2, 0.25) is 0 Å². The van der Waals surface area contributed by atoms with Crippen molar-refractivity contribution in [3.8, 4) is 12.1 Å². The Balaban J connectivity index is 2.68. The molecule has 0 unspecified atom stereocenters. The largest absolute Gasteiger partial charge is 0.377 e. The maximum Gasteiger partial charge on any atom is 0.130 e. The lowest BCUT2D eigenvalue weighted by molar-refractivity contribution is 0.116. The second-order valence-electron chi connectivity index (χ2n) is 4.74. The first-order valence-corrected chi connectivity index (χ1v) is 7.09. The smallest absolute Gasteiger partial charge is 0.130 e. The van der Waals surface area contributed by atoms with Crippen LogP contribution in [0.5, 0.6) is 0 Å².